The van der Waals surface area contributed by atoms with Crippen molar-refractivity contribution in [2.75, 3.05) is 13.4 Å². The van der Waals surface area contributed by atoms with Gasteiger partial charge in [-0.2, -0.15) is 0 Å². The van der Waals surface area contributed by atoms with Crippen LogP contribution in [0.1, 0.15) is 26.3 Å². The van der Waals surface area contributed by atoms with Gasteiger partial charge in [-0.25, -0.2) is 9.97 Å². The molecule has 1 N–H and O–H groups in total. The van der Waals surface area contributed by atoms with Crippen molar-refractivity contribution in [2.45, 2.75) is 6.54 Å². The Morgan fingerprint density at radius 3 is 2.63 bits per heavy atom. The van der Waals surface area contributed by atoms with E-state index in [4.69, 9.17) is 20.6 Å². The van der Waals surface area contributed by atoms with Crippen LogP contribution in [0.3, 0.4) is 0 Å². The van der Waals surface area contributed by atoms with E-state index < -0.39 is 17.6 Å². The molecular formula is C21H13N3O6. The molecule has 3 aromatic rings. The van der Waals surface area contributed by atoms with Gasteiger partial charge in [0.2, 0.25) is 6.79 Å². The zero-order valence-corrected chi connectivity index (χ0v) is 15.4. The Kier molecular flexibility index (Phi) is 3.93. The van der Waals surface area contributed by atoms with Crippen molar-refractivity contribution in [3.05, 3.63) is 47.3 Å². The van der Waals surface area contributed by atoms with Gasteiger partial charge in [0.05, 0.1) is 6.54 Å². The van der Waals surface area contributed by atoms with Gasteiger partial charge in [0.1, 0.15) is 28.8 Å². The number of benzene rings is 2. The molecule has 2 aromatic carbocycles. The van der Waals surface area contributed by atoms with Crippen LogP contribution in [-0.4, -0.2) is 45.2 Å². The molecule has 0 radical (unpaired) electrons. The molecule has 0 fully saturated rings. The zero-order valence-electron chi connectivity index (χ0n) is 15.4. The predicted octanol–water partition coefficient (Wildman–Crippen LogP) is 1.87. The molecule has 0 unspecified atom stereocenters. The lowest BCUT2D eigenvalue weighted by molar-refractivity contribution is 0.0640. The number of carbonyl (C=O) groups excluding carboxylic acids is 2. The van der Waals surface area contributed by atoms with Crippen molar-refractivity contribution in [3.8, 4) is 35.3 Å². The van der Waals surface area contributed by atoms with E-state index in [1.54, 1.807) is 18.2 Å². The fourth-order valence-electron chi connectivity index (χ4n) is 3.54. The van der Waals surface area contributed by atoms with Crippen LogP contribution in [0.25, 0.3) is 11.0 Å². The van der Waals surface area contributed by atoms with E-state index in [1.165, 1.54) is 12.4 Å². The highest BCUT2D eigenvalue weighted by Crippen LogP contribution is 2.43. The van der Waals surface area contributed by atoms with Crippen molar-refractivity contribution in [1.29, 1.82) is 0 Å². The third-order valence-corrected chi connectivity index (χ3v) is 4.85. The molecule has 1 aromatic heterocycles. The van der Waals surface area contributed by atoms with Gasteiger partial charge in [0.15, 0.2) is 23.0 Å². The number of aromatic nitrogens is 2. The highest BCUT2D eigenvalue weighted by molar-refractivity contribution is 6.26. The monoisotopic (exact) mass is 403 g/mol. The first kappa shape index (κ1) is 17.8. The number of imide groups is 1. The summed E-state index contributed by atoms with van der Waals surface area (Å²) in [5, 5.41) is 10.7. The topological polar surface area (TPSA) is 111 Å². The smallest absolute Gasteiger partial charge is 0.265 e. The molecule has 9 heteroatoms. The Morgan fingerprint density at radius 2 is 1.83 bits per heavy atom. The second-order valence-electron chi connectivity index (χ2n) is 6.56. The number of hydrogen-bond acceptors (Lipinski definition) is 8. The molecule has 0 atom stereocenters. The number of nitrogens with zero attached hydrogens (tertiary/aromatic N) is 3. The summed E-state index contributed by atoms with van der Waals surface area (Å²) in [4.78, 5) is 35.5. The zero-order chi connectivity index (χ0) is 20.8. The number of amides is 2. The number of fused-ring (bicyclic) bond motifs is 3. The van der Waals surface area contributed by atoms with Gasteiger partial charge in [-0.1, -0.05) is 12.0 Å². The van der Waals surface area contributed by atoms with Crippen molar-refractivity contribution in [1.82, 2.24) is 14.9 Å². The largest absolute Gasteiger partial charge is 0.505 e. The number of terminal acetylenes is 1. The minimum absolute atomic E-state index is 0.0235. The SMILES string of the molecule is C#CCOc1c2c(c(O)c3nccnc13)C(=O)N(Cc1ccc3c(c1)OCO3)C2=O. The lowest BCUT2D eigenvalue weighted by Crippen LogP contribution is -2.29. The normalized spacial score (nSPS) is 14.2. The van der Waals surface area contributed by atoms with Crippen molar-refractivity contribution in [3.63, 3.8) is 0 Å². The number of rotatable bonds is 4. The Hall–Kier alpha value is -4.32. The van der Waals surface area contributed by atoms with Crippen LogP contribution in [0, 0.1) is 12.3 Å². The van der Waals surface area contributed by atoms with Gasteiger partial charge in [-0.05, 0) is 17.7 Å². The number of phenolic OH excluding ortho intramolecular Hbond substituents is 1. The summed E-state index contributed by atoms with van der Waals surface area (Å²) < 4.78 is 16.2. The minimum atomic E-state index is -0.664. The molecule has 9 nitrogen and oxygen atoms in total. The van der Waals surface area contributed by atoms with E-state index in [0.29, 0.717) is 17.1 Å². The Bertz CT molecular complexity index is 1280. The maximum Gasteiger partial charge on any atom is 0.265 e. The van der Waals surface area contributed by atoms with Crippen LogP contribution in [0.2, 0.25) is 0 Å². The fraction of sp³-hybridized carbons (Fsp3) is 0.143. The van der Waals surface area contributed by atoms with E-state index in [1.807, 2.05) is 0 Å². The third kappa shape index (κ3) is 2.51. The number of carbonyl (C=O) groups is 2. The van der Waals surface area contributed by atoms with Crippen LogP contribution in [0.5, 0.6) is 23.0 Å². The standard InChI is InChI=1S/C21H13N3O6/c1-2-7-28-19-15-14(18(25)16-17(19)23-6-5-22-16)20(26)24(21(15)27)9-11-3-4-12-13(8-11)30-10-29-12/h1,3-6,8,25H,7,9-10H2. The van der Waals surface area contributed by atoms with E-state index in [9.17, 15) is 14.7 Å². The summed E-state index contributed by atoms with van der Waals surface area (Å²) in [5.41, 5.74) is 0.590. The van der Waals surface area contributed by atoms with Gasteiger partial charge < -0.3 is 19.3 Å². The first-order valence-corrected chi connectivity index (χ1v) is 8.90. The minimum Gasteiger partial charge on any atom is -0.505 e. The molecule has 3 heterocycles. The molecule has 0 aliphatic carbocycles. The lowest BCUT2D eigenvalue weighted by atomic mass is 10.0. The van der Waals surface area contributed by atoms with Gasteiger partial charge in [-0.3, -0.25) is 14.5 Å². The van der Waals surface area contributed by atoms with Gasteiger partial charge in [0.25, 0.3) is 11.8 Å². The summed E-state index contributed by atoms with van der Waals surface area (Å²) >= 11 is 0. The molecule has 5 rings (SSSR count). The van der Waals surface area contributed by atoms with Crippen LogP contribution in [-0.2, 0) is 6.54 Å². The van der Waals surface area contributed by atoms with Crippen LogP contribution < -0.4 is 14.2 Å². The lowest BCUT2D eigenvalue weighted by Gasteiger charge is -2.14. The summed E-state index contributed by atoms with van der Waals surface area (Å²) in [5.74, 6) is 1.75. The van der Waals surface area contributed by atoms with Crippen LogP contribution >= 0.6 is 0 Å². The summed E-state index contributed by atoms with van der Waals surface area (Å²) in [6, 6.07) is 5.13. The van der Waals surface area contributed by atoms with Gasteiger partial charge in [-0.15, -0.1) is 6.42 Å². The Morgan fingerprint density at radius 1 is 1.10 bits per heavy atom. The maximum atomic E-state index is 13.2. The number of ether oxygens (including phenoxy) is 3. The second kappa shape index (κ2) is 6.63. The Balaban J connectivity index is 1.61. The van der Waals surface area contributed by atoms with Crippen molar-refractivity contribution in [2.24, 2.45) is 0 Å². The molecule has 0 saturated carbocycles. The van der Waals surface area contributed by atoms with Crippen molar-refractivity contribution >= 4 is 22.8 Å². The highest BCUT2D eigenvalue weighted by Gasteiger charge is 2.43. The molecular weight excluding hydrogens is 390 g/mol. The maximum absolute atomic E-state index is 13.2. The number of aromatic hydroxyl groups is 1. The average molecular weight is 403 g/mol. The van der Waals surface area contributed by atoms with Crippen LogP contribution in [0.15, 0.2) is 30.6 Å². The van der Waals surface area contributed by atoms with E-state index in [2.05, 4.69) is 15.9 Å². The molecule has 0 bridgehead atoms. The molecule has 148 valence electrons. The Labute approximate surface area is 169 Å². The summed E-state index contributed by atoms with van der Waals surface area (Å²) in [6.45, 7) is -0.0666. The summed E-state index contributed by atoms with van der Waals surface area (Å²) in [6.07, 6.45) is 8.04. The van der Waals surface area contributed by atoms with Gasteiger partial charge >= 0.3 is 0 Å². The number of phenols is 1. The fourth-order valence-corrected chi connectivity index (χ4v) is 3.54. The molecule has 2 aliphatic heterocycles. The van der Waals surface area contributed by atoms with Crippen molar-refractivity contribution < 1.29 is 28.9 Å². The van der Waals surface area contributed by atoms with E-state index in [-0.39, 0.29) is 47.9 Å². The quantitative estimate of drug-likeness (QED) is 0.519. The number of hydrogen-bond donors (Lipinski definition) is 1. The highest BCUT2D eigenvalue weighted by atomic mass is 16.7. The third-order valence-electron chi connectivity index (χ3n) is 4.85. The summed E-state index contributed by atoms with van der Waals surface area (Å²) in [7, 11) is 0. The molecule has 0 spiro atoms. The first-order valence-electron chi connectivity index (χ1n) is 8.90. The average Bonchev–Trinajstić information content (AvgIpc) is 3.32. The second-order valence-corrected chi connectivity index (χ2v) is 6.56. The molecule has 0 saturated heterocycles. The molecule has 2 amide bonds. The van der Waals surface area contributed by atoms with E-state index >= 15 is 0 Å². The predicted molar refractivity (Wildman–Crippen MR) is 102 cm³/mol. The first-order chi connectivity index (χ1) is 14.6. The van der Waals surface area contributed by atoms with Crippen LogP contribution in [0.4, 0.5) is 0 Å². The molecule has 2 aliphatic rings. The van der Waals surface area contributed by atoms with Gasteiger partial charge in [0, 0.05) is 12.4 Å². The molecule has 30 heavy (non-hydrogen) atoms. The van der Waals surface area contributed by atoms with E-state index in [0.717, 1.165) is 4.90 Å².